The summed E-state index contributed by atoms with van der Waals surface area (Å²) >= 11 is 0. The number of anilines is 2. The summed E-state index contributed by atoms with van der Waals surface area (Å²) in [7, 11) is 0. The summed E-state index contributed by atoms with van der Waals surface area (Å²) in [6, 6.07) is 17.2. The number of hydrogen-bond acceptors (Lipinski definition) is 6. The zero-order valence-electron chi connectivity index (χ0n) is 22.5. The van der Waals surface area contributed by atoms with Gasteiger partial charge in [0, 0.05) is 44.6 Å². The molecular weight excluding hydrogens is 539 g/mol. The molecule has 3 heterocycles. The minimum atomic E-state index is -4.86. The predicted octanol–water partition coefficient (Wildman–Crippen LogP) is 4.69. The predicted molar refractivity (Wildman–Crippen MR) is 144 cm³/mol. The van der Waals surface area contributed by atoms with Gasteiger partial charge in [-0.2, -0.15) is 0 Å². The number of alkyl halides is 3. The molecule has 0 aliphatic carbocycles. The number of nitrogens with zero attached hydrogens (tertiary/aromatic N) is 5. The molecule has 41 heavy (non-hydrogen) atoms. The van der Waals surface area contributed by atoms with Crippen LogP contribution in [-0.4, -0.2) is 70.7 Å². The summed E-state index contributed by atoms with van der Waals surface area (Å²) in [5.41, 5.74) is 0.816. The number of carbonyl (C=O) groups is 3. The smallest absolute Gasteiger partial charge is 0.406 e. The molecule has 4 amide bonds. The van der Waals surface area contributed by atoms with Crippen LogP contribution in [-0.2, 0) is 11.3 Å². The van der Waals surface area contributed by atoms with E-state index in [9.17, 15) is 27.6 Å². The summed E-state index contributed by atoms with van der Waals surface area (Å²) in [5.74, 6) is -1.22. The molecule has 0 saturated carbocycles. The first kappa shape index (κ1) is 27.9. The Hall–Kier alpha value is -4.61. The maximum absolute atomic E-state index is 13.4. The highest BCUT2D eigenvalue weighted by Crippen LogP contribution is 2.34. The van der Waals surface area contributed by atoms with Crippen LogP contribution in [0.25, 0.3) is 0 Å². The molecule has 0 bridgehead atoms. The largest absolute Gasteiger partial charge is 0.573 e. The van der Waals surface area contributed by atoms with Crippen LogP contribution in [0.1, 0.15) is 29.9 Å². The lowest BCUT2D eigenvalue weighted by molar-refractivity contribution is -0.274. The summed E-state index contributed by atoms with van der Waals surface area (Å²) in [6.45, 7) is 5.65. The number of ether oxygens (including phenoxy) is 1. The molecule has 1 aromatic heterocycles. The Morgan fingerprint density at radius 2 is 1.59 bits per heavy atom. The third kappa shape index (κ3) is 5.81. The van der Waals surface area contributed by atoms with E-state index in [-0.39, 0.29) is 23.8 Å². The number of para-hydroxylation sites is 1. The van der Waals surface area contributed by atoms with Crippen LogP contribution in [0, 0.1) is 0 Å². The van der Waals surface area contributed by atoms with Crippen molar-refractivity contribution in [2.24, 2.45) is 0 Å². The minimum Gasteiger partial charge on any atom is -0.406 e. The van der Waals surface area contributed by atoms with Crippen molar-refractivity contribution in [1.29, 1.82) is 0 Å². The number of halogens is 3. The lowest BCUT2D eigenvalue weighted by atomic mass is 10.0. The number of benzene rings is 2. The van der Waals surface area contributed by atoms with Gasteiger partial charge in [-0.3, -0.25) is 14.6 Å². The molecule has 9 nitrogen and oxygen atoms in total. The van der Waals surface area contributed by atoms with E-state index in [4.69, 9.17) is 0 Å². The molecule has 0 N–H and O–H groups in total. The van der Waals surface area contributed by atoms with Gasteiger partial charge in [-0.15, -0.1) is 13.2 Å². The van der Waals surface area contributed by atoms with Crippen LogP contribution < -0.4 is 14.5 Å². The average Bonchev–Trinajstić information content (AvgIpc) is 3.12. The fourth-order valence-electron chi connectivity index (χ4n) is 4.97. The Bertz CT molecular complexity index is 1440. The van der Waals surface area contributed by atoms with E-state index < -0.39 is 29.6 Å². The van der Waals surface area contributed by atoms with Crippen molar-refractivity contribution < 1.29 is 32.3 Å². The standard InChI is InChI=1S/C29H28F3N5O4/c1-28(2)26(39)37(22-8-10-23(11-9-22)41-29(30,31)32)27(40)36(28)19-20-12-13-33-24(18-20)25(38)35-16-14-34(15-17-35)21-6-4-3-5-7-21/h3-13,18H,14-17,19H2,1-2H3. The topological polar surface area (TPSA) is 86.3 Å². The Kier molecular flexibility index (Phi) is 7.33. The van der Waals surface area contributed by atoms with Gasteiger partial charge < -0.3 is 19.4 Å². The molecule has 2 aliphatic heterocycles. The molecule has 2 aromatic carbocycles. The molecule has 214 valence electrons. The number of rotatable bonds is 6. The molecule has 2 aliphatic rings. The molecule has 0 unspecified atom stereocenters. The van der Waals surface area contributed by atoms with Crippen molar-refractivity contribution in [1.82, 2.24) is 14.8 Å². The molecule has 2 fully saturated rings. The van der Waals surface area contributed by atoms with Gasteiger partial charge in [0.2, 0.25) is 0 Å². The number of aromatic nitrogens is 1. The Balaban J connectivity index is 1.27. The number of imide groups is 1. The Morgan fingerprint density at radius 3 is 2.22 bits per heavy atom. The van der Waals surface area contributed by atoms with E-state index in [0.29, 0.717) is 31.7 Å². The van der Waals surface area contributed by atoms with Crippen molar-refractivity contribution >= 4 is 29.2 Å². The zero-order valence-corrected chi connectivity index (χ0v) is 22.5. The van der Waals surface area contributed by atoms with Gasteiger partial charge in [-0.05, 0) is 67.9 Å². The lowest BCUT2D eigenvalue weighted by Gasteiger charge is -2.36. The van der Waals surface area contributed by atoms with Gasteiger partial charge in [0.25, 0.3) is 11.8 Å². The number of hydrogen-bond donors (Lipinski definition) is 0. The summed E-state index contributed by atoms with van der Waals surface area (Å²) in [6.07, 6.45) is -3.36. The highest BCUT2D eigenvalue weighted by atomic mass is 19.4. The quantitative estimate of drug-likeness (QED) is 0.402. The molecule has 12 heteroatoms. The van der Waals surface area contributed by atoms with Gasteiger partial charge in [0.05, 0.1) is 5.69 Å². The summed E-state index contributed by atoms with van der Waals surface area (Å²) in [4.78, 5) is 50.4. The maximum atomic E-state index is 13.4. The van der Waals surface area contributed by atoms with Crippen LogP contribution in [0.3, 0.4) is 0 Å². The second kappa shape index (κ2) is 10.8. The van der Waals surface area contributed by atoms with E-state index in [1.54, 1.807) is 30.9 Å². The van der Waals surface area contributed by atoms with E-state index in [2.05, 4.69) is 14.6 Å². The molecule has 3 aromatic rings. The summed E-state index contributed by atoms with van der Waals surface area (Å²) in [5, 5.41) is 0. The monoisotopic (exact) mass is 567 g/mol. The second-order valence-corrected chi connectivity index (χ2v) is 10.3. The third-order valence-corrected chi connectivity index (χ3v) is 7.22. The second-order valence-electron chi connectivity index (χ2n) is 10.3. The third-order valence-electron chi connectivity index (χ3n) is 7.22. The maximum Gasteiger partial charge on any atom is 0.573 e. The van der Waals surface area contributed by atoms with Crippen molar-refractivity contribution in [2.45, 2.75) is 32.3 Å². The summed E-state index contributed by atoms with van der Waals surface area (Å²) < 4.78 is 41.4. The number of pyridine rings is 1. The highest BCUT2D eigenvalue weighted by Gasteiger charge is 2.51. The number of urea groups is 1. The van der Waals surface area contributed by atoms with Gasteiger partial charge in [0.15, 0.2) is 0 Å². The molecule has 0 spiro atoms. The fraction of sp³-hybridized carbons (Fsp3) is 0.310. The van der Waals surface area contributed by atoms with Crippen molar-refractivity contribution in [3.63, 3.8) is 0 Å². The Labute approximate surface area is 234 Å². The molecule has 2 saturated heterocycles. The SMILES string of the molecule is CC1(C)C(=O)N(c2ccc(OC(F)(F)F)cc2)C(=O)N1Cc1ccnc(C(=O)N2CCN(c3ccccc3)CC2)c1. The average molecular weight is 568 g/mol. The van der Waals surface area contributed by atoms with E-state index in [0.717, 1.165) is 22.7 Å². The highest BCUT2D eigenvalue weighted by molar-refractivity contribution is 6.22. The minimum absolute atomic E-state index is 0.0218. The zero-order chi connectivity index (χ0) is 29.4. The first-order valence-electron chi connectivity index (χ1n) is 13.0. The van der Waals surface area contributed by atoms with Crippen LogP contribution >= 0.6 is 0 Å². The van der Waals surface area contributed by atoms with Gasteiger partial charge in [-0.25, -0.2) is 9.69 Å². The number of carbonyl (C=O) groups excluding carboxylic acids is 3. The van der Waals surface area contributed by atoms with Gasteiger partial charge >= 0.3 is 12.4 Å². The normalized spacial score (nSPS) is 17.3. The number of piperazine rings is 1. The van der Waals surface area contributed by atoms with Crippen LogP contribution in [0.2, 0.25) is 0 Å². The first-order valence-corrected chi connectivity index (χ1v) is 13.0. The van der Waals surface area contributed by atoms with E-state index in [1.165, 1.54) is 23.2 Å². The van der Waals surface area contributed by atoms with E-state index in [1.807, 2.05) is 30.3 Å². The van der Waals surface area contributed by atoms with Crippen molar-refractivity contribution in [3.05, 3.63) is 84.2 Å². The molecular formula is C29H28F3N5O4. The Morgan fingerprint density at radius 1 is 0.927 bits per heavy atom. The van der Waals surface area contributed by atoms with Gasteiger partial charge in [-0.1, -0.05) is 18.2 Å². The van der Waals surface area contributed by atoms with Crippen LogP contribution in [0.5, 0.6) is 5.75 Å². The van der Waals surface area contributed by atoms with Crippen molar-refractivity contribution in [2.75, 3.05) is 36.0 Å². The first-order chi connectivity index (χ1) is 19.4. The fourth-order valence-corrected chi connectivity index (χ4v) is 4.97. The van der Waals surface area contributed by atoms with Crippen LogP contribution in [0.15, 0.2) is 72.9 Å². The molecule has 0 atom stereocenters. The van der Waals surface area contributed by atoms with Gasteiger partial charge in [0.1, 0.15) is 17.0 Å². The molecule has 5 rings (SSSR count). The number of amides is 4. The lowest BCUT2D eigenvalue weighted by Crippen LogP contribution is -2.49. The van der Waals surface area contributed by atoms with E-state index >= 15 is 0 Å². The molecule has 0 radical (unpaired) electrons. The van der Waals surface area contributed by atoms with Crippen LogP contribution in [0.4, 0.5) is 29.3 Å². The van der Waals surface area contributed by atoms with Crippen molar-refractivity contribution in [3.8, 4) is 5.75 Å².